The van der Waals surface area contributed by atoms with Crippen LogP contribution in [0, 0.1) is 23.6 Å². The summed E-state index contributed by atoms with van der Waals surface area (Å²) in [6.45, 7) is 6.23. The Morgan fingerprint density at radius 1 is 1.07 bits per heavy atom. The lowest BCUT2D eigenvalue weighted by Gasteiger charge is -2.35. The van der Waals surface area contributed by atoms with Gasteiger partial charge in [0.05, 0.1) is 37.1 Å². The van der Waals surface area contributed by atoms with Gasteiger partial charge in [0.25, 0.3) is 5.91 Å². The maximum absolute atomic E-state index is 15.1. The summed E-state index contributed by atoms with van der Waals surface area (Å²) in [6.07, 6.45) is -0.277. The summed E-state index contributed by atoms with van der Waals surface area (Å²) >= 11 is 0. The number of allylic oxidation sites excluding steroid dienone is 1. The Kier molecular flexibility index (Phi) is 12.5. The molecule has 3 fully saturated rings. The number of nitrogens with zero attached hydrogens (tertiary/aromatic N) is 2. The normalized spacial score (nSPS) is 28.0. The van der Waals surface area contributed by atoms with Gasteiger partial charge < -0.3 is 34.5 Å². The van der Waals surface area contributed by atoms with Gasteiger partial charge in [-0.1, -0.05) is 32.4 Å². The number of methoxy groups -OCH3 is 2. The molecule has 1 aromatic carbocycles. The summed E-state index contributed by atoms with van der Waals surface area (Å²) in [5, 5.41) is 5.69. The van der Waals surface area contributed by atoms with Gasteiger partial charge in [0.2, 0.25) is 33.3 Å². The Hall–Kier alpha value is -4.88. The van der Waals surface area contributed by atoms with Crippen molar-refractivity contribution in [1.82, 2.24) is 25.2 Å². The molecule has 1 saturated heterocycles. The van der Waals surface area contributed by atoms with Gasteiger partial charge in [-0.2, -0.15) is 13.2 Å². The molecular weight excluding hydrogens is 831 g/mol. The van der Waals surface area contributed by atoms with Gasteiger partial charge in [0, 0.05) is 17.7 Å². The van der Waals surface area contributed by atoms with Crippen LogP contribution in [-0.2, 0) is 29.1 Å². The molecule has 7 atom stereocenters. The van der Waals surface area contributed by atoms with E-state index >= 15 is 4.39 Å². The highest BCUT2D eigenvalue weighted by molar-refractivity contribution is 7.91. The molecule has 3 N–H and O–H groups in total. The molecule has 0 radical (unpaired) electrons. The number of pyridine rings is 1. The second-order valence-electron chi connectivity index (χ2n) is 17.3. The zero-order valence-corrected chi connectivity index (χ0v) is 35.9. The molecule has 2 aliphatic carbocycles. The topological polar surface area (TPSA) is 192 Å². The van der Waals surface area contributed by atoms with E-state index in [9.17, 15) is 40.8 Å². The second-order valence-corrected chi connectivity index (χ2v) is 19.5. The molecule has 1 aromatic heterocycles. The molecule has 3 heterocycles. The van der Waals surface area contributed by atoms with Crippen LogP contribution in [0.3, 0.4) is 0 Å². The number of amides is 4. The van der Waals surface area contributed by atoms with Crippen molar-refractivity contribution in [2.75, 3.05) is 20.8 Å². The van der Waals surface area contributed by atoms with Gasteiger partial charge in [-0.3, -0.25) is 19.1 Å². The number of halogens is 4. The van der Waals surface area contributed by atoms with E-state index in [4.69, 9.17) is 18.9 Å². The van der Waals surface area contributed by atoms with Crippen molar-refractivity contribution < 1.29 is 64.1 Å². The molecule has 2 saturated carbocycles. The van der Waals surface area contributed by atoms with Gasteiger partial charge in [-0.25, -0.2) is 22.6 Å². The average molecular weight is 884 g/mol. The molecule has 15 nitrogen and oxygen atoms in total. The highest BCUT2D eigenvalue weighted by Crippen LogP contribution is 2.48. The summed E-state index contributed by atoms with van der Waals surface area (Å²) in [4.78, 5) is 62.2. The van der Waals surface area contributed by atoms with Crippen molar-refractivity contribution in [3.05, 3.63) is 36.3 Å². The number of nitrogens with one attached hydrogen (secondary N) is 3. The van der Waals surface area contributed by atoms with Crippen molar-refractivity contribution in [2.24, 2.45) is 17.8 Å². The van der Waals surface area contributed by atoms with Crippen molar-refractivity contribution >= 4 is 44.6 Å². The number of aromatic nitrogens is 1. The monoisotopic (exact) mass is 883 g/mol. The van der Waals surface area contributed by atoms with Gasteiger partial charge in [0.1, 0.15) is 29.5 Å². The first-order chi connectivity index (χ1) is 28.5. The maximum atomic E-state index is 15.1. The first-order valence-corrected chi connectivity index (χ1v) is 21.8. The van der Waals surface area contributed by atoms with E-state index in [0.29, 0.717) is 57.8 Å². The summed E-state index contributed by atoms with van der Waals surface area (Å²) in [5.74, 6) is -4.59. The van der Waals surface area contributed by atoms with Gasteiger partial charge >= 0.3 is 12.3 Å². The number of alkyl halides is 3. The molecule has 4 aliphatic rings. The van der Waals surface area contributed by atoms with Gasteiger partial charge in [-0.05, 0) is 83.3 Å². The Morgan fingerprint density at radius 2 is 1.75 bits per heavy atom. The molecule has 0 spiro atoms. The van der Waals surface area contributed by atoms with Crippen molar-refractivity contribution in [3.63, 3.8) is 0 Å². The molecule has 4 amide bonds. The van der Waals surface area contributed by atoms with Crippen LogP contribution in [0.5, 0.6) is 17.4 Å². The highest BCUT2D eigenvalue weighted by atomic mass is 32.2. The predicted molar refractivity (Wildman–Crippen MR) is 212 cm³/mol. The molecule has 20 heteroatoms. The van der Waals surface area contributed by atoms with Crippen LogP contribution in [0.15, 0.2) is 30.5 Å². The number of carbonyl (C=O) groups is 4. The average Bonchev–Trinajstić information content (AvgIpc) is 4.06. The lowest BCUT2D eigenvalue weighted by molar-refractivity contribution is -0.244. The molecule has 2 aliphatic heterocycles. The number of ether oxygens (including phenoxy) is 4. The lowest BCUT2D eigenvalue weighted by atomic mass is 9.85. The number of benzene rings is 1. The van der Waals surface area contributed by atoms with Gasteiger partial charge in [0.15, 0.2) is 11.6 Å². The Morgan fingerprint density at radius 3 is 2.38 bits per heavy atom. The van der Waals surface area contributed by atoms with E-state index in [0.717, 1.165) is 11.0 Å². The zero-order chi connectivity index (χ0) is 44.9. The van der Waals surface area contributed by atoms with E-state index < -0.39 is 91.7 Å². The van der Waals surface area contributed by atoms with Crippen LogP contribution in [0.25, 0.3) is 10.8 Å². The number of hydrogen-bond acceptors (Lipinski definition) is 11. The lowest BCUT2D eigenvalue weighted by Crippen LogP contribution is -2.60. The van der Waals surface area contributed by atoms with E-state index in [1.54, 1.807) is 13.0 Å². The fourth-order valence-electron chi connectivity index (χ4n) is 8.02. The van der Waals surface area contributed by atoms with Crippen molar-refractivity contribution in [2.45, 2.75) is 126 Å². The standard InChI is InChI=1S/C41H53F4N5O10S/c1-8-23-15-22(2)11-9-10-12-24-19-40(24,36(53)49-61(55,56)39(5)13-14-39)48-33(51)29-16-25(21-50(29)35(52)32(23)47-37(54)60-38(3,4)41(43,44)45)59-34-27-17-28(42)30(57-6)18-26(27)31(58-7)20-46-34/h10,12,17-18,20,22-25,29,32H,8-9,11,13-16,19,21H2,1-7H3,(H,47,54)(H,48,51)(H,49,53). The summed E-state index contributed by atoms with van der Waals surface area (Å²) in [7, 11) is -1.44. The Labute approximate surface area is 351 Å². The van der Waals surface area contributed by atoms with Crippen LogP contribution in [0.4, 0.5) is 22.4 Å². The van der Waals surface area contributed by atoms with Crippen molar-refractivity contribution in [1.29, 1.82) is 0 Å². The number of carbonyl (C=O) groups excluding carboxylic acids is 4. The van der Waals surface area contributed by atoms with E-state index in [-0.39, 0.29) is 48.1 Å². The number of fused-ring (bicyclic) bond motifs is 3. The predicted octanol–water partition coefficient (Wildman–Crippen LogP) is 5.45. The third-order valence-electron chi connectivity index (χ3n) is 12.5. The van der Waals surface area contributed by atoms with E-state index in [2.05, 4.69) is 20.3 Å². The minimum absolute atomic E-state index is 0.0587. The number of sulfonamides is 1. The van der Waals surface area contributed by atoms with E-state index in [1.165, 1.54) is 33.4 Å². The molecule has 6 rings (SSSR count). The smallest absolute Gasteiger partial charge is 0.427 e. The quantitative estimate of drug-likeness (QED) is 0.203. The largest absolute Gasteiger partial charge is 0.494 e. The molecule has 336 valence electrons. The Bertz CT molecular complexity index is 2200. The van der Waals surface area contributed by atoms with Crippen LogP contribution < -0.4 is 29.6 Å². The Balaban J connectivity index is 1.39. The van der Waals surface area contributed by atoms with Crippen LogP contribution in [-0.4, -0.2) is 103 Å². The fourth-order valence-corrected chi connectivity index (χ4v) is 9.33. The SMILES string of the molecule is CCC1CC(C)CCC=CC2CC2(C(=O)NS(=O)(=O)C2(C)CC2)NC(=O)C2CC(Oc3ncc(OC)c4cc(OC)c(F)cc34)CN2C(=O)C1NC(=O)OC(C)(C)C(F)(F)F. The first-order valence-electron chi connectivity index (χ1n) is 20.3. The highest BCUT2D eigenvalue weighted by Gasteiger charge is 2.63. The maximum Gasteiger partial charge on any atom is 0.427 e. The minimum atomic E-state index is -4.95. The second kappa shape index (κ2) is 16.8. The molecule has 2 aromatic rings. The van der Waals surface area contributed by atoms with Crippen molar-refractivity contribution in [3.8, 4) is 17.4 Å². The first kappa shape index (κ1) is 45.6. The zero-order valence-electron chi connectivity index (χ0n) is 35.1. The molecule has 0 bridgehead atoms. The number of alkyl carbamates (subject to hydrolysis) is 1. The summed E-state index contributed by atoms with van der Waals surface area (Å²) < 4.78 is 106. The van der Waals surface area contributed by atoms with Crippen LogP contribution in [0.1, 0.15) is 86.0 Å². The fraction of sp³-hybridized carbons (Fsp3) is 0.634. The number of rotatable bonds is 10. The molecule has 7 unspecified atom stereocenters. The number of hydrogen-bond donors (Lipinski definition) is 3. The molecular formula is C41H53F4N5O10S. The van der Waals surface area contributed by atoms with Crippen LogP contribution >= 0.6 is 0 Å². The van der Waals surface area contributed by atoms with E-state index in [1.807, 2.05) is 13.0 Å². The third-order valence-corrected chi connectivity index (χ3v) is 14.7. The van der Waals surface area contributed by atoms with Crippen LogP contribution in [0.2, 0.25) is 0 Å². The summed E-state index contributed by atoms with van der Waals surface area (Å²) in [6, 6.07) is -0.386. The summed E-state index contributed by atoms with van der Waals surface area (Å²) in [5.41, 5.74) is -4.62. The molecule has 61 heavy (non-hydrogen) atoms. The third kappa shape index (κ3) is 9.19. The minimum Gasteiger partial charge on any atom is -0.494 e. The van der Waals surface area contributed by atoms with Gasteiger partial charge in [-0.15, -0.1) is 0 Å².